The SMILES string of the molecule is CCCc1ccc(C2CCC(c3ccc4c(c3)OCC4)C2)cc1. The summed E-state index contributed by atoms with van der Waals surface area (Å²) in [6, 6.07) is 16.3. The quantitative estimate of drug-likeness (QED) is 0.711. The molecule has 1 nitrogen and oxygen atoms in total. The average Bonchev–Trinajstić information content (AvgIpc) is 3.24. The molecular weight excluding hydrogens is 280 g/mol. The van der Waals surface area contributed by atoms with Crippen molar-refractivity contribution < 1.29 is 4.74 Å². The Morgan fingerprint density at radius 2 is 1.70 bits per heavy atom. The highest BCUT2D eigenvalue weighted by Crippen LogP contribution is 2.44. The minimum Gasteiger partial charge on any atom is -0.493 e. The van der Waals surface area contributed by atoms with Crippen molar-refractivity contribution in [3.8, 4) is 5.75 Å². The van der Waals surface area contributed by atoms with Gasteiger partial charge in [0.05, 0.1) is 6.61 Å². The number of ether oxygens (including phenoxy) is 1. The van der Waals surface area contributed by atoms with Crippen LogP contribution in [0.2, 0.25) is 0 Å². The number of rotatable bonds is 4. The lowest BCUT2D eigenvalue weighted by Crippen LogP contribution is -1.96. The lowest BCUT2D eigenvalue weighted by Gasteiger charge is -2.14. The molecule has 1 aliphatic carbocycles. The molecule has 0 saturated heterocycles. The Morgan fingerprint density at radius 1 is 0.957 bits per heavy atom. The first-order valence-corrected chi connectivity index (χ1v) is 9.18. The van der Waals surface area contributed by atoms with E-state index in [1.54, 1.807) is 0 Å². The number of hydrogen-bond acceptors (Lipinski definition) is 1. The molecule has 2 unspecified atom stereocenters. The van der Waals surface area contributed by atoms with E-state index in [4.69, 9.17) is 4.74 Å². The van der Waals surface area contributed by atoms with Crippen molar-refractivity contribution in [1.29, 1.82) is 0 Å². The lowest BCUT2D eigenvalue weighted by atomic mass is 9.92. The number of benzene rings is 2. The lowest BCUT2D eigenvalue weighted by molar-refractivity contribution is 0.356. The van der Waals surface area contributed by atoms with Crippen LogP contribution in [-0.4, -0.2) is 6.61 Å². The van der Waals surface area contributed by atoms with E-state index >= 15 is 0 Å². The Labute approximate surface area is 139 Å². The molecule has 0 bridgehead atoms. The van der Waals surface area contributed by atoms with Crippen LogP contribution in [0.25, 0.3) is 0 Å². The molecule has 2 aromatic rings. The molecule has 0 spiro atoms. The standard InChI is InChI=1S/C22H26O/c1-2-3-16-4-6-17(7-5-16)19-10-11-20(14-19)21-9-8-18-12-13-23-22(18)15-21/h4-9,15,19-20H,2-3,10-14H2,1H3. The van der Waals surface area contributed by atoms with E-state index < -0.39 is 0 Å². The topological polar surface area (TPSA) is 9.23 Å². The number of hydrogen-bond donors (Lipinski definition) is 0. The monoisotopic (exact) mass is 306 g/mol. The van der Waals surface area contributed by atoms with Gasteiger partial charge in [-0.2, -0.15) is 0 Å². The zero-order chi connectivity index (χ0) is 15.6. The zero-order valence-electron chi connectivity index (χ0n) is 14.1. The van der Waals surface area contributed by atoms with Gasteiger partial charge in [0.25, 0.3) is 0 Å². The minimum absolute atomic E-state index is 0.699. The second kappa shape index (κ2) is 6.39. The highest BCUT2D eigenvalue weighted by molar-refractivity contribution is 5.42. The second-order valence-electron chi connectivity index (χ2n) is 7.16. The van der Waals surface area contributed by atoms with E-state index in [2.05, 4.69) is 49.4 Å². The Kier molecular flexibility index (Phi) is 4.11. The predicted molar refractivity (Wildman–Crippen MR) is 95.4 cm³/mol. The molecule has 1 fully saturated rings. The third-order valence-corrected chi connectivity index (χ3v) is 5.61. The van der Waals surface area contributed by atoms with Crippen LogP contribution in [0.1, 0.15) is 66.7 Å². The van der Waals surface area contributed by atoms with E-state index in [1.807, 2.05) is 0 Å². The van der Waals surface area contributed by atoms with Gasteiger partial charge in [0.15, 0.2) is 0 Å². The molecule has 0 amide bonds. The summed E-state index contributed by atoms with van der Waals surface area (Å²) in [7, 11) is 0. The van der Waals surface area contributed by atoms with Gasteiger partial charge in [-0.1, -0.05) is 49.7 Å². The molecule has 2 atom stereocenters. The molecule has 1 heteroatoms. The fourth-order valence-electron chi connectivity index (χ4n) is 4.27. The molecule has 2 aromatic carbocycles. The van der Waals surface area contributed by atoms with E-state index in [0.717, 1.165) is 24.7 Å². The fraction of sp³-hybridized carbons (Fsp3) is 0.455. The molecule has 1 saturated carbocycles. The molecule has 1 aliphatic heterocycles. The Balaban J connectivity index is 1.46. The third-order valence-electron chi connectivity index (χ3n) is 5.61. The van der Waals surface area contributed by atoms with Crippen molar-refractivity contribution in [2.24, 2.45) is 0 Å². The van der Waals surface area contributed by atoms with Gasteiger partial charge in [0.2, 0.25) is 0 Å². The van der Waals surface area contributed by atoms with Crippen molar-refractivity contribution in [3.05, 3.63) is 64.7 Å². The molecular formula is C22H26O. The van der Waals surface area contributed by atoms with Gasteiger partial charge < -0.3 is 4.74 Å². The van der Waals surface area contributed by atoms with Crippen LogP contribution in [-0.2, 0) is 12.8 Å². The summed E-state index contributed by atoms with van der Waals surface area (Å²) >= 11 is 0. The predicted octanol–water partition coefficient (Wildman–Crippen LogP) is 5.63. The Hall–Kier alpha value is -1.76. The Morgan fingerprint density at radius 3 is 2.48 bits per heavy atom. The highest BCUT2D eigenvalue weighted by Gasteiger charge is 2.28. The smallest absolute Gasteiger partial charge is 0.122 e. The van der Waals surface area contributed by atoms with Gasteiger partial charge in [-0.15, -0.1) is 0 Å². The molecule has 0 radical (unpaired) electrons. The van der Waals surface area contributed by atoms with Gasteiger partial charge in [0, 0.05) is 6.42 Å². The van der Waals surface area contributed by atoms with Gasteiger partial charge in [-0.3, -0.25) is 0 Å². The highest BCUT2D eigenvalue weighted by atomic mass is 16.5. The van der Waals surface area contributed by atoms with Crippen LogP contribution in [0, 0.1) is 0 Å². The van der Waals surface area contributed by atoms with Crippen LogP contribution in [0.15, 0.2) is 42.5 Å². The summed E-state index contributed by atoms with van der Waals surface area (Å²) in [5.41, 5.74) is 5.87. The van der Waals surface area contributed by atoms with Gasteiger partial charge >= 0.3 is 0 Å². The summed E-state index contributed by atoms with van der Waals surface area (Å²) in [5, 5.41) is 0. The van der Waals surface area contributed by atoms with Crippen LogP contribution in [0.4, 0.5) is 0 Å². The van der Waals surface area contributed by atoms with Crippen LogP contribution in [0.3, 0.4) is 0 Å². The van der Waals surface area contributed by atoms with Crippen molar-refractivity contribution >= 4 is 0 Å². The minimum atomic E-state index is 0.699. The molecule has 2 aliphatic rings. The summed E-state index contributed by atoms with van der Waals surface area (Å²) in [6.07, 6.45) is 7.41. The maximum absolute atomic E-state index is 5.75. The van der Waals surface area contributed by atoms with Crippen LogP contribution < -0.4 is 4.74 Å². The molecule has 120 valence electrons. The average molecular weight is 306 g/mol. The zero-order valence-corrected chi connectivity index (χ0v) is 14.1. The first-order chi connectivity index (χ1) is 11.3. The first kappa shape index (κ1) is 14.8. The van der Waals surface area contributed by atoms with Crippen molar-refractivity contribution in [3.63, 3.8) is 0 Å². The summed E-state index contributed by atoms with van der Waals surface area (Å²) in [5.74, 6) is 2.56. The summed E-state index contributed by atoms with van der Waals surface area (Å²) in [6.45, 7) is 3.10. The maximum Gasteiger partial charge on any atom is 0.122 e. The van der Waals surface area contributed by atoms with E-state index in [0.29, 0.717) is 5.92 Å². The van der Waals surface area contributed by atoms with Crippen LogP contribution >= 0.6 is 0 Å². The third kappa shape index (κ3) is 3.02. The Bertz CT molecular complexity index is 671. The molecule has 23 heavy (non-hydrogen) atoms. The molecule has 0 aromatic heterocycles. The van der Waals surface area contributed by atoms with Crippen molar-refractivity contribution in [2.45, 2.75) is 57.3 Å². The van der Waals surface area contributed by atoms with E-state index in [1.165, 1.54) is 54.4 Å². The second-order valence-corrected chi connectivity index (χ2v) is 7.16. The molecule has 0 N–H and O–H groups in total. The van der Waals surface area contributed by atoms with Gasteiger partial charge in [-0.05, 0) is 65.8 Å². The molecule has 4 rings (SSSR count). The number of fused-ring (bicyclic) bond motifs is 1. The first-order valence-electron chi connectivity index (χ1n) is 9.18. The van der Waals surface area contributed by atoms with Gasteiger partial charge in [-0.25, -0.2) is 0 Å². The maximum atomic E-state index is 5.75. The summed E-state index contributed by atoms with van der Waals surface area (Å²) < 4.78 is 5.75. The van der Waals surface area contributed by atoms with Crippen molar-refractivity contribution in [1.82, 2.24) is 0 Å². The van der Waals surface area contributed by atoms with E-state index in [9.17, 15) is 0 Å². The molecule has 1 heterocycles. The normalized spacial score (nSPS) is 22.8. The largest absolute Gasteiger partial charge is 0.493 e. The summed E-state index contributed by atoms with van der Waals surface area (Å²) in [4.78, 5) is 0. The van der Waals surface area contributed by atoms with E-state index in [-0.39, 0.29) is 0 Å². The number of aryl methyl sites for hydroxylation is 1. The van der Waals surface area contributed by atoms with Crippen molar-refractivity contribution in [2.75, 3.05) is 6.61 Å². The fourth-order valence-corrected chi connectivity index (χ4v) is 4.27. The van der Waals surface area contributed by atoms with Crippen LogP contribution in [0.5, 0.6) is 5.75 Å². The van der Waals surface area contributed by atoms with Gasteiger partial charge in [0.1, 0.15) is 5.75 Å².